The molecule has 0 radical (unpaired) electrons. The molecule has 1 aliphatic heterocycles. The van der Waals surface area contributed by atoms with E-state index in [2.05, 4.69) is 32.5 Å². The molecule has 2 atom stereocenters. The van der Waals surface area contributed by atoms with Crippen molar-refractivity contribution in [3.05, 3.63) is 83.4 Å². The Morgan fingerprint density at radius 3 is 2.26 bits per heavy atom. The van der Waals surface area contributed by atoms with Crippen LogP contribution in [0.2, 0.25) is 0 Å². The molecule has 4 rings (SSSR count). The highest BCUT2D eigenvalue weighted by atomic mass is 35.5. The predicted octanol–water partition coefficient (Wildman–Crippen LogP) is 6.25. The number of nitrogens with zero attached hydrogens (tertiary/aromatic N) is 1. The fraction of sp³-hybridized carbons (Fsp3) is 0.375. The standard InChI is InChI=1S/C32H39F2N5O5S.ClH/c1-4-5-6-24-17-23(36-32(41)37-30-18-27(31(40)35-2)28(33)19-29(30)34)15-16-39(24)20-21-7-11-25(12-8-21)44-26-13-9-22(10-14-26)38-45(3,42)43;/h7-14,18-19,23-24,38H,4-6,15-17,20H2,1-3H3,(H,35,40)(H2,36,37,41);1H. The van der Waals surface area contributed by atoms with Gasteiger partial charge in [-0.1, -0.05) is 31.9 Å². The van der Waals surface area contributed by atoms with Crippen LogP contribution in [-0.2, 0) is 16.6 Å². The molecule has 10 nitrogen and oxygen atoms in total. The van der Waals surface area contributed by atoms with E-state index >= 15 is 0 Å². The van der Waals surface area contributed by atoms with E-state index in [9.17, 15) is 26.8 Å². The molecule has 1 fully saturated rings. The van der Waals surface area contributed by atoms with E-state index < -0.39 is 33.6 Å². The number of likely N-dealkylation sites (tertiary alicyclic amines) is 1. The van der Waals surface area contributed by atoms with Gasteiger partial charge in [-0.05, 0) is 67.3 Å². The molecule has 1 heterocycles. The van der Waals surface area contributed by atoms with E-state index in [4.69, 9.17) is 4.74 Å². The largest absolute Gasteiger partial charge is 0.457 e. The summed E-state index contributed by atoms with van der Waals surface area (Å²) in [5, 5.41) is 7.64. The SMILES string of the molecule is CCCCC1CC(NC(=O)Nc2cc(C(=O)NC)c(F)cc2F)CCN1Cc1ccc(Oc2ccc(NS(C)(=O)=O)cc2)cc1.Cl. The normalized spacial score (nSPS) is 16.5. The van der Waals surface area contributed by atoms with Crippen LogP contribution in [0.15, 0.2) is 60.7 Å². The molecule has 250 valence electrons. The van der Waals surface area contributed by atoms with Gasteiger partial charge in [0.15, 0.2) is 0 Å². The van der Waals surface area contributed by atoms with Crippen molar-refractivity contribution in [1.82, 2.24) is 15.5 Å². The number of rotatable bonds is 12. The highest BCUT2D eigenvalue weighted by Crippen LogP contribution is 2.27. The van der Waals surface area contributed by atoms with Crippen molar-refractivity contribution in [1.29, 1.82) is 0 Å². The number of piperidine rings is 1. The van der Waals surface area contributed by atoms with Gasteiger partial charge in [-0.2, -0.15) is 0 Å². The van der Waals surface area contributed by atoms with Gasteiger partial charge in [-0.3, -0.25) is 14.4 Å². The van der Waals surface area contributed by atoms with Crippen LogP contribution in [0.5, 0.6) is 11.5 Å². The third kappa shape index (κ3) is 10.6. The molecule has 46 heavy (non-hydrogen) atoms. The number of urea groups is 1. The number of ether oxygens (including phenoxy) is 1. The van der Waals surface area contributed by atoms with Crippen LogP contribution in [-0.4, -0.2) is 57.2 Å². The van der Waals surface area contributed by atoms with Crippen LogP contribution in [0.25, 0.3) is 0 Å². The lowest BCUT2D eigenvalue weighted by molar-refractivity contribution is 0.0959. The van der Waals surface area contributed by atoms with Crippen LogP contribution in [0.4, 0.5) is 25.0 Å². The third-order valence-electron chi connectivity index (χ3n) is 7.54. The summed E-state index contributed by atoms with van der Waals surface area (Å²) in [6.07, 6.45) is 5.54. The molecular weight excluding hydrogens is 640 g/mol. The van der Waals surface area contributed by atoms with Crippen molar-refractivity contribution >= 4 is 45.7 Å². The lowest BCUT2D eigenvalue weighted by atomic mass is 9.93. The number of carbonyl (C=O) groups excluding carboxylic acids is 2. The zero-order valence-corrected chi connectivity index (χ0v) is 27.6. The monoisotopic (exact) mass is 679 g/mol. The van der Waals surface area contributed by atoms with Gasteiger partial charge in [0.25, 0.3) is 5.91 Å². The molecule has 3 amide bonds. The Bertz CT molecular complexity index is 1590. The molecule has 3 aromatic carbocycles. The Kier molecular flexibility index (Phi) is 13.2. The first kappa shape index (κ1) is 36.5. The second-order valence-corrected chi connectivity index (χ2v) is 12.9. The van der Waals surface area contributed by atoms with Crippen molar-refractivity contribution in [3.63, 3.8) is 0 Å². The molecule has 0 bridgehead atoms. The maximum atomic E-state index is 14.3. The van der Waals surface area contributed by atoms with Crippen molar-refractivity contribution in [2.45, 2.75) is 57.7 Å². The van der Waals surface area contributed by atoms with Crippen LogP contribution < -0.4 is 25.4 Å². The molecule has 0 saturated carbocycles. The van der Waals surface area contributed by atoms with Crippen molar-refractivity contribution in [3.8, 4) is 11.5 Å². The number of hydrogen-bond donors (Lipinski definition) is 4. The highest BCUT2D eigenvalue weighted by Gasteiger charge is 2.29. The number of anilines is 2. The molecule has 1 aliphatic rings. The van der Waals surface area contributed by atoms with E-state index in [0.717, 1.165) is 50.2 Å². The Hall–Kier alpha value is -3.94. The molecule has 0 aromatic heterocycles. The highest BCUT2D eigenvalue weighted by molar-refractivity contribution is 7.92. The molecule has 1 saturated heterocycles. The summed E-state index contributed by atoms with van der Waals surface area (Å²) >= 11 is 0. The van der Waals surface area contributed by atoms with E-state index in [-0.39, 0.29) is 35.7 Å². The predicted molar refractivity (Wildman–Crippen MR) is 177 cm³/mol. The van der Waals surface area contributed by atoms with Crippen LogP contribution in [0.3, 0.4) is 0 Å². The number of halogens is 3. The lowest BCUT2D eigenvalue weighted by Gasteiger charge is -2.40. The number of unbranched alkanes of at least 4 members (excludes halogenated alkanes) is 1. The first-order valence-electron chi connectivity index (χ1n) is 14.8. The molecular formula is C32H40ClF2N5O5S. The van der Waals surface area contributed by atoms with Crippen molar-refractivity contribution in [2.24, 2.45) is 0 Å². The van der Waals surface area contributed by atoms with E-state index in [0.29, 0.717) is 36.1 Å². The summed E-state index contributed by atoms with van der Waals surface area (Å²) < 4.78 is 59.5. The summed E-state index contributed by atoms with van der Waals surface area (Å²) in [5.74, 6) is -1.47. The maximum absolute atomic E-state index is 14.3. The number of benzene rings is 3. The van der Waals surface area contributed by atoms with Gasteiger partial charge in [0.05, 0.1) is 17.5 Å². The van der Waals surface area contributed by atoms with Crippen LogP contribution in [0, 0.1) is 11.6 Å². The van der Waals surface area contributed by atoms with Crippen LogP contribution >= 0.6 is 12.4 Å². The number of nitrogens with one attached hydrogen (secondary N) is 4. The maximum Gasteiger partial charge on any atom is 0.319 e. The Labute approximate surface area is 274 Å². The summed E-state index contributed by atoms with van der Waals surface area (Å²) in [5.41, 5.74) is 0.927. The van der Waals surface area contributed by atoms with Gasteiger partial charge in [0.2, 0.25) is 10.0 Å². The fourth-order valence-electron chi connectivity index (χ4n) is 5.31. The molecule has 0 spiro atoms. The Balaban J connectivity index is 0.00000576. The number of amides is 3. The molecule has 2 unspecified atom stereocenters. The first-order chi connectivity index (χ1) is 21.4. The second kappa shape index (κ2) is 16.6. The second-order valence-electron chi connectivity index (χ2n) is 11.1. The average molecular weight is 680 g/mol. The lowest BCUT2D eigenvalue weighted by Crippen LogP contribution is -2.50. The van der Waals surface area contributed by atoms with Gasteiger partial charge >= 0.3 is 6.03 Å². The summed E-state index contributed by atoms with van der Waals surface area (Å²) in [6, 6.07) is 15.5. The molecule has 14 heteroatoms. The number of carbonyl (C=O) groups is 2. The Morgan fingerprint density at radius 1 is 1.00 bits per heavy atom. The van der Waals surface area contributed by atoms with Gasteiger partial charge in [-0.25, -0.2) is 22.0 Å². The summed E-state index contributed by atoms with van der Waals surface area (Å²) in [6.45, 7) is 3.61. The number of sulfonamides is 1. The molecule has 4 N–H and O–H groups in total. The fourth-order valence-corrected chi connectivity index (χ4v) is 5.88. The van der Waals surface area contributed by atoms with Gasteiger partial charge < -0.3 is 20.7 Å². The van der Waals surface area contributed by atoms with Gasteiger partial charge in [0.1, 0.15) is 23.1 Å². The summed E-state index contributed by atoms with van der Waals surface area (Å²) in [7, 11) is -2.02. The number of hydrogen-bond acceptors (Lipinski definition) is 6. The minimum Gasteiger partial charge on any atom is -0.457 e. The van der Waals surface area contributed by atoms with Gasteiger partial charge in [0, 0.05) is 44.0 Å². The quantitative estimate of drug-likeness (QED) is 0.179. The topological polar surface area (TPSA) is 129 Å². The Morgan fingerprint density at radius 2 is 1.65 bits per heavy atom. The minimum absolute atomic E-state index is 0. The third-order valence-corrected chi connectivity index (χ3v) is 8.15. The molecule has 3 aromatic rings. The van der Waals surface area contributed by atoms with Crippen LogP contribution in [0.1, 0.15) is 54.9 Å². The van der Waals surface area contributed by atoms with E-state index in [1.54, 1.807) is 24.3 Å². The molecule has 0 aliphatic carbocycles. The minimum atomic E-state index is -3.35. The zero-order chi connectivity index (χ0) is 32.6. The zero-order valence-electron chi connectivity index (χ0n) is 25.9. The van der Waals surface area contributed by atoms with Gasteiger partial charge in [-0.15, -0.1) is 12.4 Å². The van der Waals surface area contributed by atoms with Crippen molar-refractivity contribution in [2.75, 3.05) is 29.9 Å². The first-order valence-corrected chi connectivity index (χ1v) is 16.7. The van der Waals surface area contributed by atoms with E-state index in [1.165, 1.54) is 7.05 Å². The smallest absolute Gasteiger partial charge is 0.319 e. The average Bonchev–Trinajstić information content (AvgIpc) is 2.99. The summed E-state index contributed by atoms with van der Waals surface area (Å²) in [4.78, 5) is 27.1. The van der Waals surface area contributed by atoms with E-state index in [1.807, 2.05) is 24.3 Å². The van der Waals surface area contributed by atoms with Crippen molar-refractivity contribution < 1.29 is 31.5 Å².